The van der Waals surface area contributed by atoms with Gasteiger partial charge in [0.05, 0.1) is 5.69 Å². The first-order chi connectivity index (χ1) is 7.65. The molecule has 4 heteroatoms. The van der Waals surface area contributed by atoms with E-state index in [9.17, 15) is 0 Å². The molecule has 2 aromatic carbocycles. The molecule has 0 aliphatic heterocycles. The van der Waals surface area contributed by atoms with E-state index in [2.05, 4.69) is 0 Å². The number of nitrogens with two attached hydrogens (primary N) is 3. The molecule has 0 aromatic heterocycles. The largest absolute Gasteiger partial charge is 0.455 e. The second-order valence-corrected chi connectivity index (χ2v) is 3.47. The maximum Gasteiger partial charge on any atom is 0.152 e. The second kappa shape index (κ2) is 4.02. The average Bonchev–Trinajstić information content (AvgIpc) is 2.27. The van der Waals surface area contributed by atoms with Gasteiger partial charge in [0.2, 0.25) is 0 Å². The summed E-state index contributed by atoms with van der Waals surface area (Å²) in [6.45, 7) is 0. The van der Waals surface area contributed by atoms with E-state index in [-0.39, 0.29) is 0 Å². The maximum atomic E-state index is 5.76. The number of anilines is 3. The summed E-state index contributed by atoms with van der Waals surface area (Å²) in [4.78, 5) is 0. The Kier molecular flexibility index (Phi) is 2.55. The first-order valence-corrected chi connectivity index (χ1v) is 4.83. The molecular weight excluding hydrogens is 202 g/mol. The van der Waals surface area contributed by atoms with Gasteiger partial charge in [0.15, 0.2) is 5.75 Å². The molecule has 4 nitrogen and oxygen atoms in total. The van der Waals surface area contributed by atoms with Crippen LogP contribution in [0.3, 0.4) is 0 Å². The molecule has 0 unspecified atom stereocenters. The third-order valence-corrected chi connectivity index (χ3v) is 2.15. The minimum atomic E-state index is 0.546. The Bertz CT molecular complexity index is 494. The van der Waals surface area contributed by atoms with Gasteiger partial charge in [0.25, 0.3) is 0 Å². The van der Waals surface area contributed by atoms with Gasteiger partial charge in [0, 0.05) is 17.4 Å². The highest BCUT2D eigenvalue weighted by Crippen LogP contribution is 2.29. The van der Waals surface area contributed by atoms with Gasteiger partial charge >= 0.3 is 0 Å². The van der Waals surface area contributed by atoms with Crippen molar-refractivity contribution in [1.29, 1.82) is 0 Å². The van der Waals surface area contributed by atoms with Gasteiger partial charge in [-0.2, -0.15) is 0 Å². The molecule has 0 saturated carbocycles. The lowest BCUT2D eigenvalue weighted by molar-refractivity contribution is 0.485. The topological polar surface area (TPSA) is 87.3 Å². The summed E-state index contributed by atoms with van der Waals surface area (Å²) < 4.78 is 5.58. The zero-order valence-electron chi connectivity index (χ0n) is 8.68. The van der Waals surface area contributed by atoms with Crippen molar-refractivity contribution in [3.8, 4) is 11.5 Å². The first kappa shape index (κ1) is 10.2. The lowest BCUT2D eigenvalue weighted by Gasteiger charge is -2.09. The van der Waals surface area contributed by atoms with Crippen LogP contribution in [-0.4, -0.2) is 0 Å². The Balaban J connectivity index is 2.26. The van der Waals surface area contributed by atoms with Crippen molar-refractivity contribution in [2.45, 2.75) is 0 Å². The van der Waals surface area contributed by atoms with Crippen molar-refractivity contribution in [3.05, 3.63) is 42.5 Å². The van der Waals surface area contributed by atoms with E-state index in [4.69, 9.17) is 21.9 Å². The number of nitrogen functional groups attached to an aromatic ring is 3. The highest BCUT2D eigenvalue weighted by molar-refractivity contribution is 5.60. The summed E-state index contributed by atoms with van der Waals surface area (Å²) in [6.07, 6.45) is 0. The van der Waals surface area contributed by atoms with E-state index in [1.165, 1.54) is 0 Å². The molecule has 0 aliphatic carbocycles. The zero-order chi connectivity index (χ0) is 11.5. The summed E-state index contributed by atoms with van der Waals surface area (Å²) in [5.41, 5.74) is 18.8. The summed E-state index contributed by atoms with van der Waals surface area (Å²) in [5, 5.41) is 0. The highest BCUT2D eigenvalue weighted by Gasteiger charge is 2.02. The Morgan fingerprint density at radius 2 is 1.38 bits per heavy atom. The summed E-state index contributed by atoms with van der Waals surface area (Å²) in [7, 11) is 0. The lowest BCUT2D eigenvalue weighted by Crippen LogP contribution is -1.94. The third kappa shape index (κ3) is 2.17. The zero-order valence-corrected chi connectivity index (χ0v) is 8.68. The van der Waals surface area contributed by atoms with E-state index >= 15 is 0 Å². The minimum absolute atomic E-state index is 0.546. The fourth-order valence-corrected chi connectivity index (χ4v) is 1.30. The van der Waals surface area contributed by atoms with Crippen molar-refractivity contribution < 1.29 is 4.74 Å². The quantitative estimate of drug-likeness (QED) is 0.670. The van der Waals surface area contributed by atoms with Crippen molar-refractivity contribution >= 4 is 17.1 Å². The second-order valence-electron chi connectivity index (χ2n) is 3.47. The normalized spacial score (nSPS) is 10.0. The van der Waals surface area contributed by atoms with Gasteiger partial charge in [-0.3, -0.25) is 0 Å². The van der Waals surface area contributed by atoms with Crippen LogP contribution < -0.4 is 21.9 Å². The number of hydrogen-bond donors (Lipinski definition) is 3. The molecule has 0 bridgehead atoms. The average molecular weight is 215 g/mol. The van der Waals surface area contributed by atoms with E-state index in [1.54, 1.807) is 42.5 Å². The molecule has 0 radical (unpaired) electrons. The SMILES string of the molecule is Nc1ccc(Oc2cc(N)ccc2N)cc1. The molecule has 0 heterocycles. The van der Waals surface area contributed by atoms with Crippen LogP contribution in [0.1, 0.15) is 0 Å². The van der Waals surface area contributed by atoms with E-state index in [1.807, 2.05) is 0 Å². The molecule has 2 aromatic rings. The number of ether oxygens (including phenoxy) is 1. The third-order valence-electron chi connectivity index (χ3n) is 2.15. The van der Waals surface area contributed by atoms with Gasteiger partial charge in [-0.05, 0) is 36.4 Å². The van der Waals surface area contributed by atoms with Gasteiger partial charge in [0.1, 0.15) is 5.75 Å². The molecule has 0 aliphatic rings. The minimum Gasteiger partial charge on any atom is -0.455 e. The van der Waals surface area contributed by atoms with Crippen molar-refractivity contribution in [2.24, 2.45) is 0 Å². The molecule has 0 amide bonds. The van der Waals surface area contributed by atoms with Crippen LogP contribution in [0.2, 0.25) is 0 Å². The van der Waals surface area contributed by atoms with Crippen LogP contribution in [0.25, 0.3) is 0 Å². The Labute approximate surface area is 93.6 Å². The Hall–Kier alpha value is -2.36. The van der Waals surface area contributed by atoms with Crippen LogP contribution in [-0.2, 0) is 0 Å². The Morgan fingerprint density at radius 1 is 0.750 bits per heavy atom. The van der Waals surface area contributed by atoms with Crippen molar-refractivity contribution in [2.75, 3.05) is 17.2 Å². The van der Waals surface area contributed by atoms with Gasteiger partial charge in [-0.25, -0.2) is 0 Å². The highest BCUT2D eigenvalue weighted by atomic mass is 16.5. The van der Waals surface area contributed by atoms with Crippen LogP contribution in [0.4, 0.5) is 17.1 Å². The standard InChI is InChI=1S/C12H13N3O/c13-8-1-4-10(5-2-8)16-12-7-9(14)3-6-11(12)15/h1-7H,13-15H2. The van der Waals surface area contributed by atoms with Gasteiger partial charge < -0.3 is 21.9 Å². The summed E-state index contributed by atoms with van der Waals surface area (Å²) in [6, 6.07) is 12.2. The van der Waals surface area contributed by atoms with E-state index < -0.39 is 0 Å². The molecule has 0 saturated heterocycles. The van der Waals surface area contributed by atoms with Gasteiger partial charge in [-0.15, -0.1) is 0 Å². The first-order valence-electron chi connectivity index (χ1n) is 4.83. The molecule has 16 heavy (non-hydrogen) atoms. The van der Waals surface area contributed by atoms with Crippen LogP contribution in [0.15, 0.2) is 42.5 Å². The van der Waals surface area contributed by atoms with Crippen molar-refractivity contribution in [3.63, 3.8) is 0 Å². The molecule has 82 valence electrons. The summed E-state index contributed by atoms with van der Waals surface area (Å²) >= 11 is 0. The number of hydrogen-bond acceptors (Lipinski definition) is 4. The van der Waals surface area contributed by atoms with Crippen LogP contribution in [0, 0.1) is 0 Å². The monoisotopic (exact) mass is 215 g/mol. The molecule has 0 atom stereocenters. The van der Waals surface area contributed by atoms with E-state index in [0.717, 1.165) is 0 Å². The molecular formula is C12H13N3O. The molecule has 0 spiro atoms. The summed E-state index contributed by atoms with van der Waals surface area (Å²) in [5.74, 6) is 1.22. The number of benzene rings is 2. The fraction of sp³-hybridized carbons (Fsp3) is 0. The van der Waals surface area contributed by atoms with Crippen molar-refractivity contribution in [1.82, 2.24) is 0 Å². The van der Waals surface area contributed by atoms with E-state index in [0.29, 0.717) is 28.6 Å². The lowest BCUT2D eigenvalue weighted by atomic mass is 10.2. The smallest absolute Gasteiger partial charge is 0.152 e. The predicted octanol–water partition coefficient (Wildman–Crippen LogP) is 2.23. The van der Waals surface area contributed by atoms with Gasteiger partial charge in [-0.1, -0.05) is 0 Å². The maximum absolute atomic E-state index is 5.76. The Morgan fingerprint density at radius 3 is 2.06 bits per heavy atom. The predicted molar refractivity (Wildman–Crippen MR) is 66.2 cm³/mol. The van der Waals surface area contributed by atoms with Crippen LogP contribution in [0.5, 0.6) is 11.5 Å². The molecule has 2 rings (SSSR count). The molecule has 0 fully saturated rings. The number of rotatable bonds is 2. The molecule has 6 N–H and O–H groups in total. The van der Waals surface area contributed by atoms with Crippen LogP contribution >= 0.6 is 0 Å². The fourth-order valence-electron chi connectivity index (χ4n) is 1.30.